The maximum absolute atomic E-state index is 11.9. The van der Waals surface area contributed by atoms with Crippen LogP contribution in [0.25, 0.3) is 0 Å². The zero-order chi connectivity index (χ0) is 13.6. The van der Waals surface area contributed by atoms with E-state index in [-0.39, 0.29) is 11.4 Å². The molecule has 0 unspecified atom stereocenters. The van der Waals surface area contributed by atoms with Crippen molar-refractivity contribution in [3.8, 4) is 0 Å². The number of thiocarbonyl (C=S) groups is 1. The summed E-state index contributed by atoms with van der Waals surface area (Å²) in [6, 6.07) is 1.57. The number of hydrogen-bond donors (Lipinski definition) is 2. The van der Waals surface area contributed by atoms with Crippen LogP contribution in [-0.2, 0) is 0 Å². The van der Waals surface area contributed by atoms with Crippen molar-refractivity contribution < 1.29 is 13.2 Å². The molecule has 0 aliphatic carbocycles. The molecule has 1 aromatic heterocycles. The van der Waals surface area contributed by atoms with Gasteiger partial charge in [-0.2, -0.15) is 13.2 Å². The van der Waals surface area contributed by atoms with Crippen molar-refractivity contribution in [1.29, 1.82) is 0 Å². The zero-order valence-electron chi connectivity index (χ0n) is 9.50. The van der Waals surface area contributed by atoms with Gasteiger partial charge in [0.1, 0.15) is 10.7 Å². The van der Waals surface area contributed by atoms with E-state index in [1.807, 2.05) is 0 Å². The Morgan fingerprint density at radius 3 is 2.72 bits per heavy atom. The molecule has 1 aromatic rings. The Labute approximate surface area is 108 Å². The van der Waals surface area contributed by atoms with Crippen molar-refractivity contribution in [2.75, 3.05) is 11.9 Å². The molecular weight excluding hydrogens is 265 g/mol. The average Bonchev–Trinajstić information content (AvgIpc) is 2.27. The highest BCUT2D eigenvalue weighted by atomic mass is 32.1. The first-order valence-electron chi connectivity index (χ1n) is 5.32. The van der Waals surface area contributed by atoms with Gasteiger partial charge < -0.3 is 11.1 Å². The number of anilines is 1. The van der Waals surface area contributed by atoms with Crippen LogP contribution >= 0.6 is 12.2 Å². The smallest absolute Gasteiger partial charge is 0.388 e. The zero-order valence-corrected chi connectivity index (χ0v) is 10.3. The highest BCUT2D eigenvalue weighted by Gasteiger charge is 2.25. The lowest BCUT2D eigenvalue weighted by molar-refractivity contribution is -0.135. The van der Waals surface area contributed by atoms with Crippen molar-refractivity contribution in [2.24, 2.45) is 5.73 Å². The quantitative estimate of drug-likeness (QED) is 0.617. The molecule has 0 saturated heterocycles. The third kappa shape index (κ3) is 5.76. The molecule has 0 spiro atoms. The molecule has 0 radical (unpaired) electrons. The van der Waals surface area contributed by atoms with E-state index in [4.69, 9.17) is 18.0 Å². The highest BCUT2D eigenvalue weighted by molar-refractivity contribution is 7.80. The monoisotopic (exact) mass is 278 g/mol. The maximum Gasteiger partial charge on any atom is 0.389 e. The number of alkyl halides is 3. The second-order valence-electron chi connectivity index (χ2n) is 3.63. The summed E-state index contributed by atoms with van der Waals surface area (Å²) in [4.78, 5) is 8.07. The van der Waals surface area contributed by atoms with E-state index in [1.165, 1.54) is 6.20 Å². The first-order chi connectivity index (χ1) is 8.38. The highest BCUT2D eigenvalue weighted by Crippen LogP contribution is 2.21. The van der Waals surface area contributed by atoms with E-state index in [0.717, 1.165) is 0 Å². The first kappa shape index (κ1) is 14.6. The van der Waals surface area contributed by atoms with Crippen LogP contribution in [0.3, 0.4) is 0 Å². The third-order valence-electron chi connectivity index (χ3n) is 2.08. The Hall–Kier alpha value is -1.44. The molecule has 0 bridgehead atoms. The summed E-state index contributed by atoms with van der Waals surface area (Å²) in [5.41, 5.74) is 5.82. The minimum Gasteiger partial charge on any atom is -0.388 e. The molecule has 0 aromatic carbocycles. The lowest BCUT2D eigenvalue weighted by Crippen LogP contribution is -2.14. The number of nitrogens with two attached hydrogens (primary N) is 1. The van der Waals surface area contributed by atoms with Gasteiger partial charge in [-0.05, 0) is 18.9 Å². The summed E-state index contributed by atoms with van der Waals surface area (Å²) in [6.07, 6.45) is -2.92. The SMILES string of the molecule is NC(=S)c1ccnc(NCCCCC(F)(F)F)n1. The van der Waals surface area contributed by atoms with Crippen molar-refractivity contribution in [1.82, 2.24) is 9.97 Å². The van der Waals surface area contributed by atoms with Gasteiger partial charge in [0.15, 0.2) is 0 Å². The number of rotatable bonds is 6. The molecule has 1 heterocycles. The Kier molecular flexibility index (Phi) is 5.26. The van der Waals surface area contributed by atoms with Crippen LogP contribution in [0.15, 0.2) is 12.3 Å². The van der Waals surface area contributed by atoms with E-state index in [2.05, 4.69) is 15.3 Å². The van der Waals surface area contributed by atoms with E-state index in [1.54, 1.807) is 6.07 Å². The predicted molar refractivity (Wildman–Crippen MR) is 66.3 cm³/mol. The molecule has 0 fully saturated rings. The van der Waals surface area contributed by atoms with Crippen LogP contribution in [-0.4, -0.2) is 27.7 Å². The van der Waals surface area contributed by atoms with Crippen molar-refractivity contribution >= 4 is 23.2 Å². The number of nitrogens with one attached hydrogen (secondary N) is 1. The Morgan fingerprint density at radius 1 is 1.39 bits per heavy atom. The van der Waals surface area contributed by atoms with Gasteiger partial charge in [0, 0.05) is 19.2 Å². The van der Waals surface area contributed by atoms with Gasteiger partial charge in [0.05, 0.1) is 0 Å². The van der Waals surface area contributed by atoms with Crippen LogP contribution in [0.1, 0.15) is 25.0 Å². The molecule has 0 amide bonds. The Balaban J connectivity index is 2.31. The number of halogens is 3. The van der Waals surface area contributed by atoms with Gasteiger partial charge >= 0.3 is 6.18 Å². The van der Waals surface area contributed by atoms with Gasteiger partial charge in [0.25, 0.3) is 0 Å². The topological polar surface area (TPSA) is 63.8 Å². The molecule has 3 N–H and O–H groups in total. The molecular formula is C10H13F3N4S. The number of aromatic nitrogens is 2. The molecule has 0 saturated carbocycles. The van der Waals surface area contributed by atoms with Crippen LogP contribution in [0, 0.1) is 0 Å². The maximum atomic E-state index is 11.9. The number of unbranched alkanes of at least 4 members (excludes halogenated alkanes) is 1. The molecule has 1 rings (SSSR count). The molecule has 0 atom stereocenters. The third-order valence-corrected chi connectivity index (χ3v) is 2.29. The van der Waals surface area contributed by atoms with Crippen LogP contribution in [0.4, 0.5) is 19.1 Å². The summed E-state index contributed by atoms with van der Waals surface area (Å²) in [6.45, 7) is 0.372. The lowest BCUT2D eigenvalue weighted by atomic mass is 10.2. The number of hydrogen-bond acceptors (Lipinski definition) is 4. The second kappa shape index (κ2) is 6.48. The Morgan fingerprint density at radius 2 is 2.11 bits per heavy atom. The fourth-order valence-corrected chi connectivity index (χ4v) is 1.35. The van der Waals surface area contributed by atoms with Crippen LogP contribution < -0.4 is 11.1 Å². The molecule has 0 aliphatic rings. The summed E-state index contributed by atoms with van der Waals surface area (Å²) in [7, 11) is 0. The lowest BCUT2D eigenvalue weighted by Gasteiger charge is -2.07. The van der Waals surface area contributed by atoms with Gasteiger partial charge in [-0.15, -0.1) is 0 Å². The minimum atomic E-state index is -4.10. The normalized spacial score (nSPS) is 11.3. The minimum absolute atomic E-state index is 0.0749. The summed E-state index contributed by atoms with van der Waals surface area (Å²) < 4.78 is 35.6. The Bertz CT molecular complexity index is 408. The molecule has 18 heavy (non-hydrogen) atoms. The summed E-state index contributed by atoms with van der Waals surface area (Å²) in [5.74, 6) is 0.312. The van der Waals surface area contributed by atoms with Crippen LogP contribution in [0.5, 0.6) is 0 Å². The van der Waals surface area contributed by atoms with Crippen molar-refractivity contribution in [2.45, 2.75) is 25.4 Å². The van der Waals surface area contributed by atoms with Gasteiger partial charge in [0.2, 0.25) is 5.95 Å². The predicted octanol–water partition coefficient (Wildman–Crippen LogP) is 2.26. The fourth-order valence-electron chi connectivity index (χ4n) is 1.23. The van der Waals surface area contributed by atoms with E-state index >= 15 is 0 Å². The average molecular weight is 278 g/mol. The fraction of sp³-hybridized carbons (Fsp3) is 0.500. The second-order valence-corrected chi connectivity index (χ2v) is 4.07. The first-order valence-corrected chi connectivity index (χ1v) is 5.73. The van der Waals surface area contributed by atoms with E-state index < -0.39 is 12.6 Å². The molecule has 0 aliphatic heterocycles. The van der Waals surface area contributed by atoms with E-state index in [9.17, 15) is 13.2 Å². The van der Waals surface area contributed by atoms with Crippen molar-refractivity contribution in [3.63, 3.8) is 0 Å². The summed E-state index contributed by atoms with van der Waals surface area (Å²) >= 11 is 4.75. The summed E-state index contributed by atoms with van der Waals surface area (Å²) in [5, 5.41) is 2.82. The van der Waals surface area contributed by atoms with Gasteiger partial charge in [-0.1, -0.05) is 12.2 Å². The van der Waals surface area contributed by atoms with Gasteiger partial charge in [-0.3, -0.25) is 0 Å². The van der Waals surface area contributed by atoms with Crippen molar-refractivity contribution in [3.05, 3.63) is 18.0 Å². The number of nitrogens with zero attached hydrogens (tertiary/aromatic N) is 2. The molecule has 8 heteroatoms. The molecule has 100 valence electrons. The van der Waals surface area contributed by atoms with E-state index in [0.29, 0.717) is 24.6 Å². The largest absolute Gasteiger partial charge is 0.389 e. The van der Waals surface area contributed by atoms with Gasteiger partial charge in [-0.25, -0.2) is 9.97 Å². The van der Waals surface area contributed by atoms with Crippen LogP contribution in [0.2, 0.25) is 0 Å². The molecule has 4 nitrogen and oxygen atoms in total. The standard InChI is InChI=1S/C10H13F3N4S/c11-10(12,13)4-1-2-5-15-9-16-6-3-7(17-9)8(14)18/h3,6H,1-2,4-5H2,(H2,14,18)(H,15,16,17).